The fourth-order valence-electron chi connectivity index (χ4n) is 6.07. The maximum absolute atomic E-state index is 13.6. The van der Waals surface area contributed by atoms with Crippen LogP contribution in [0.25, 0.3) is 11.3 Å². The lowest BCUT2D eigenvalue weighted by Gasteiger charge is -2.34. The Balaban J connectivity index is 1.13. The highest BCUT2D eigenvalue weighted by Crippen LogP contribution is 2.38. The fourth-order valence-corrected chi connectivity index (χ4v) is 6.07. The molecular formula is C35H43F3N6O5. The number of benzene rings is 1. The van der Waals surface area contributed by atoms with Gasteiger partial charge in [-0.05, 0) is 95.3 Å². The van der Waals surface area contributed by atoms with Crippen LogP contribution in [-0.2, 0) is 4.79 Å². The second kappa shape index (κ2) is 16.8. The number of pyridine rings is 1. The molecule has 0 unspecified atom stereocenters. The van der Waals surface area contributed by atoms with E-state index in [9.17, 15) is 22.8 Å². The van der Waals surface area contributed by atoms with Crippen LogP contribution in [-0.4, -0.2) is 83.5 Å². The lowest BCUT2D eigenvalue weighted by atomic mass is 9.84. The number of nitrogens with zero attached hydrogens (tertiary/aromatic N) is 5. The van der Waals surface area contributed by atoms with E-state index >= 15 is 0 Å². The third-order valence-corrected chi connectivity index (χ3v) is 8.75. The molecule has 1 N–H and O–H groups in total. The van der Waals surface area contributed by atoms with Crippen LogP contribution in [0.4, 0.5) is 18.9 Å². The number of carbonyl (C=O) groups is 2. The number of hydrogen-bond acceptors (Lipinski definition) is 9. The smallest absolute Gasteiger partial charge is 0.476 e. The van der Waals surface area contributed by atoms with Gasteiger partial charge in [-0.3, -0.25) is 14.6 Å². The predicted molar refractivity (Wildman–Crippen MR) is 177 cm³/mol. The van der Waals surface area contributed by atoms with Gasteiger partial charge >= 0.3 is 6.36 Å². The summed E-state index contributed by atoms with van der Waals surface area (Å²) < 4.78 is 53.2. The first-order valence-corrected chi connectivity index (χ1v) is 16.9. The number of anilines is 1. The van der Waals surface area contributed by atoms with Gasteiger partial charge in [-0.25, -0.2) is 0 Å². The quantitative estimate of drug-likeness (QED) is 0.191. The normalized spacial score (nSPS) is 15.7. The molecule has 264 valence electrons. The van der Waals surface area contributed by atoms with E-state index in [1.807, 2.05) is 13.8 Å². The summed E-state index contributed by atoms with van der Waals surface area (Å²) in [6.45, 7) is 7.53. The number of rotatable bonds is 15. The molecule has 5 rings (SSSR count). The minimum Gasteiger partial charge on any atom is -0.476 e. The monoisotopic (exact) mass is 684 g/mol. The first-order chi connectivity index (χ1) is 23.7. The number of halogens is 3. The summed E-state index contributed by atoms with van der Waals surface area (Å²) in [5.41, 5.74) is 1.74. The van der Waals surface area contributed by atoms with Crippen molar-refractivity contribution in [1.29, 1.82) is 0 Å². The van der Waals surface area contributed by atoms with E-state index in [0.29, 0.717) is 54.0 Å². The zero-order chi connectivity index (χ0) is 34.8. The highest BCUT2D eigenvalue weighted by Gasteiger charge is 2.34. The van der Waals surface area contributed by atoms with Crippen molar-refractivity contribution in [2.75, 3.05) is 44.3 Å². The summed E-state index contributed by atoms with van der Waals surface area (Å²) >= 11 is 0. The Bertz CT molecular complexity index is 1520. The maximum atomic E-state index is 13.6. The van der Waals surface area contributed by atoms with Gasteiger partial charge in [0.15, 0.2) is 5.69 Å². The van der Waals surface area contributed by atoms with E-state index in [-0.39, 0.29) is 29.5 Å². The summed E-state index contributed by atoms with van der Waals surface area (Å²) in [6, 6.07) is 8.58. The van der Waals surface area contributed by atoms with Crippen molar-refractivity contribution in [3.05, 3.63) is 54.5 Å². The van der Waals surface area contributed by atoms with E-state index in [0.717, 1.165) is 64.6 Å². The molecule has 2 fully saturated rings. The van der Waals surface area contributed by atoms with Crippen molar-refractivity contribution in [2.45, 2.75) is 71.2 Å². The number of alkyl halides is 3. The Kier molecular flexibility index (Phi) is 12.3. The molecule has 0 spiro atoms. The average molecular weight is 685 g/mol. The lowest BCUT2D eigenvalue weighted by Crippen LogP contribution is -2.45. The molecule has 1 saturated carbocycles. The molecule has 2 amide bonds. The van der Waals surface area contributed by atoms with Crippen molar-refractivity contribution in [3.63, 3.8) is 0 Å². The number of likely N-dealkylation sites (tertiary alicyclic amines) is 1. The van der Waals surface area contributed by atoms with E-state index in [1.165, 1.54) is 36.8 Å². The topological polar surface area (TPSA) is 119 Å². The summed E-state index contributed by atoms with van der Waals surface area (Å²) in [6.07, 6.45) is 4.13. The van der Waals surface area contributed by atoms with Gasteiger partial charge < -0.3 is 29.3 Å². The van der Waals surface area contributed by atoms with Crippen molar-refractivity contribution >= 4 is 17.5 Å². The molecular weight excluding hydrogens is 641 g/mol. The second-order valence-electron chi connectivity index (χ2n) is 12.1. The Morgan fingerprint density at radius 3 is 2.20 bits per heavy atom. The zero-order valence-corrected chi connectivity index (χ0v) is 27.9. The van der Waals surface area contributed by atoms with E-state index in [1.54, 1.807) is 17.0 Å². The van der Waals surface area contributed by atoms with E-state index < -0.39 is 6.36 Å². The van der Waals surface area contributed by atoms with Gasteiger partial charge in [0.2, 0.25) is 17.7 Å². The zero-order valence-electron chi connectivity index (χ0n) is 27.9. The SMILES string of the molecule is CCOc1ncnc(OCC)c1N(CCCCN1CCC(NC(=O)c2cccnc2-c2ccc(OC(F)(F)F)cc2)CC1)C(=O)C1CCC1. The third kappa shape index (κ3) is 9.58. The van der Waals surface area contributed by atoms with Crippen molar-refractivity contribution in [1.82, 2.24) is 25.2 Å². The van der Waals surface area contributed by atoms with Crippen molar-refractivity contribution in [3.8, 4) is 28.8 Å². The number of piperidine rings is 1. The number of nitrogens with one attached hydrogen (secondary N) is 1. The number of ether oxygens (including phenoxy) is 3. The minimum atomic E-state index is -4.79. The van der Waals surface area contributed by atoms with Gasteiger partial charge in [0, 0.05) is 43.4 Å². The van der Waals surface area contributed by atoms with Crippen LogP contribution in [0.2, 0.25) is 0 Å². The van der Waals surface area contributed by atoms with Crippen molar-refractivity contribution < 1.29 is 37.0 Å². The predicted octanol–water partition coefficient (Wildman–Crippen LogP) is 6.04. The van der Waals surface area contributed by atoms with Crippen LogP contribution < -0.4 is 24.4 Å². The molecule has 1 aliphatic carbocycles. The highest BCUT2D eigenvalue weighted by molar-refractivity contribution is 6.00. The summed E-state index contributed by atoms with van der Waals surface area (Å²) in [4.78, 5) is 44.0. The molecule has 11 nitrogen and oxygen atoms in total. The molecule has 2 aliphatic rings. The van der Waals surface area contributed by atoms with Gasteiger partial charge in [0.1, 0.15) is 12.1 Å². The molecule has 0 radical (unpaired) electrons. The minimum absolute atomic E-state index is 0.0143. The molecule has 1 saturated heterocycles. The molecule has 1 aromatic carbocycles. The maximum Gasteiger partial charge on any atom is 0.573 e. The molecule has 0 atom stereocenters. The fraction of sp³-hybridized carbons (Fsp3) is 0.514. The Morgan fingerprint density at radius 1 is 0.939 bits per heavy atom. The van der Waals surface area contributed by atoms with Gasteiger partial charge in [-0.2, -0.15) is 9.97 Å². The number of hydrogen-bond donors (Lipinski definition) is 1. The standard InChI is InChI=1S/C35H43F3N6O5/c1-3-47-32-30(33(48-4-2)41-23-40-32)44(34(46)25-9-7-10-25)20-6-5-19-43-21-16-26(17-22-43)42-31(45)28-11-8-18-39-29(28)24-12-14-27(15-13-24)49-35(36,37)38/h8,11-15,18,23,25-26H,3-7,9-10,16-17,19-22H2,1-2H3,(H,42,45). The van der Waals surface area contributed by atoms with Gasteiger partial charge in [-0.15, -0.1) is 13.2 Å². The molecule has 49 heavy (non-hydrogen) atoms. The van der Waals surface area contributed by atoms with Gasteiger partial charge in [-0.1, -0.05) is 6.42 Å². The Labute approximate surface area is 284 Å². The van der Waals surface area contributed by atoms with Crippen LogP contribution in [0.1, 0.15) is 69.2 Å². The highest BCUT2D eigenvalue weighted by atomic mass is 19.4. The Morgan fingerprint density at radius 2 is 1.61 bits per heavy atom. The molecule has 3 aromatic rings. The largest absolute Gasteiger partial charge is 0.573 e. The van der Waals surface area contributed by atoms with Gasteiger partial charge in [0.05, 0.1) is 24.5 Å². The van der Waals surface area contributed by atoms with Crippen LogP contribution in [0, 0.1) is 5.92 Å². The van der Waals surface area contributed by atoms with E-state index in [4.69, 9.17) is 9.47 Å². The lowest BCUT2D eigenvalue weighted by molar-refractivity contribution is -0.274. The first kappa shape index (κ1) is 35.8. The van der Waals surface area contributed by atoms with Gasteiger partial charge in [0.25, 0.3) is 5.91 Å². The second-order valence-corrected chi connectivity index (χ2v) is 12.1. The molecule has 2 aromatic heterocycles. The molecule has 14 heteroatoms. The first-order valence-electron chi connectivity index (χ1n) is 16.9. The average Bonchev–Trinajstić information content (AvgIpc) is 3.05. The van der Waals surface area contributed by atoms with Crippen LogP contribution in [0.15, 0.2) is 48.9 Å². The molecule has 3 heterocycles. The van der Waals surface area contributed by atoms with Crippen LogP contribution in [0.5, 0.6) is 17.5 Å². The number of aromatic nitrogens is 3. The summed E-state index contributed by atoms with van der Waals surface area (Å²) in [5, 5.41) is 3.12. The van der Waals surface area contributed by atoms with Crippen LogP contribution >= 0.6 is 0 Å². The number of carbonyl (C=O) groups excluding carboxylic acids is 2. The number of amides is 2. The Hall–Kier alpha value is -4.46. The number of unbranched alkanes of at least 4 members (excludes halogenated alkanes) is 1. The summed E-state index contributed by atoms with van der Waals surface area (Å²) in [7, 11) is 0. The van der Waals surface area contributed by atoms with Crippen LogP contribution in [0.3, 0.4) is 0 Å². The molecule has 1 aliphatic heterocycles. The third-order valence-electron chi connectivity index (χ3n) is 8.75. The molecule has 0 bridgehead atoms. The summed E-state index contributed by atoms with van der Waals surface area (Å²) in [5.74, 6) is 0.121. The van der Waals surface area contributed by atoms with E-state index in [2.05, 4.69) is 29.9 Å². The van der Waals surface area contributed by atoms with Crippen molar-refractivity contribution in [2.24, 2.45) is 5.92 Å².